The molecule has 0 unspecified atom stereocenters. The van der Waals surface area contributed by atoms with E-state index in [0.29, 0.717) is 31.8 Å². The van der Waals surface area contributed by atoms with Crippen molar-refractivity contribution in [3.63, 3.8) is 0 Å². The molecule has 1 saturated heterocycles. The zero-order chi connectivity index (χ0) is 13.3. The number of carbonyl (C=O) groups excluding carboxylic acids is 1. The Morgan fingerprint density at radius 2 is 1.84 bits per heavy atom. The number of hydrogen-bond acceptors (Lipinski definition) is 4. The lowest BCUT2D eigenvalue weighted by Gasteiger charge is -2.31. The molecule has 4 heteroatoms. The number of carbonyl (C=O) groups is 1. The van der Waals surface area contributed by atoms with Crippen LogP contribution in [0.4, 0.5) is 0 Å². The minimum atomic E-state index is -0.880. The molecule has 2 aliphatic rings. The Morgan fingerprint density at radius 1 is 1.16 bits per heavy atom. The first kappa shape index (κ1) is 11.9. The quantitative estimate of drug-likeness (QED) is 0.770. The topological polar surface area (TPSA) is 59.3 Å². The van der Waals surface area contributed by atoms with Gasteiger partial charge in [-0.1, -0.05) is 30.3 Å². The van der Waals surface area contributed by atoms with Crippen LogP contribution in [0, 0.1) is 11.3 Å². The Morgan fingerprint density at radius 3 is 2.47 bits per heavy atom. The highest BCUT2D eigenvalue weighted by Gasteiger charge is 2.50. The molecule has 0 saturated carbocycles. The van der Waals surface area contributed by atoms with Crippen LogP contribution in [0.15, 0.2) is 35.9 Å². The fraction of sp³-hybridized carbons (Fsp3) is 0.333. The van der Waals surface area contributed by atoms with Crippen molar-refractivity contribution in [2.45, 2.75) is 18.4 Å². The van der Waals surface area contributed by atoms with Gasteiger partial charge in [0.2, 0.25) is 5.78 Å². The fourth-order valence-corrected chi connectivity index (χ4v) is 2.55. The van der Waals surface area contributed by atoms with Gasteiger partial charge in [0, 0.05) is 18.4 Å². The van der Waals surface area contributed by atoms with Crippen LogP contribution in [-0.4, -0.2) is 24.6 Å². The normalized spacial score (nSPS) is 21.3. The van der Waals surface area contributed by atoms with E-state index in [1.54, 1.807) is 0 Å². The Balaban J connectivity index is 2.02. The highest BCUT2D eigenvalue weighted by Crippen LogP contribution is 2.41. The van der Waals surface area contributed by atoms with Crippen molar-refractivity contribution in [2.75, 3.05) is 13.2 Å². The van der Waals surface area contributed by atoms with Crippen molar-refractivity contribution in [3.8, 4) is 6.07 Å². The van der Waals surface area contributed by atoms with Crippen molar-refractivity contribution in [1.82, 2.24) is 0 Å². The summed E-state index contributed by atoms with van der Waals surface area (Å²) in [6.45, 7) is 0.985. The third-order valence-corrected chi connectivity index (χ3v) is 3.61. The van der Waals surface area contributed by atoms with Crippen molar-refractivity contribution >= 4 is 11.5 Å². The molecule has 19 heavy (non-hydrogen) atoms. The molecule has 1 aromatic rings. The molecular formula is C15H13NO3. The van der Waals surface area contributed by atoms with Gasteiger partial charge >= 0.3 is 0 Å². The molecule has 0 aliphatic carbocycles. The summed E-state index contributed by atoms with van der Waals surface area (Å²) in [5.41, 5.74) is 0.0259. The maximum Gasteiger partial charge on any atom is 0.220 e. The molecule has 0 radical (unpaired) electrons. The second-order valence-electron chi connectivity index (χ2n) is 4.72. The Hall–Kier alpha value is -2.12. The van der Waals surface area contributed by atoms with Crippen LogP contribution in [0.5, 0.6) is 0 Å². The van der Waals surface area contributed by atoms with Crippen molar-refractivity contribution in [1.29, 1.82) is 5.26 Å². The highest BCUT2D eigenvalue weighted by atomic mass is 16.5. The Kier molecular flexibility index (Phi) is 2.84. The number of benzene rings is 1. The molecule has 1 aromatic carbocycles. The van der Waals surface area contributed by atoms with Crippen molar-refractivity contribution in [2.24, 2.45) is 0 Å². The lowest BCUT2D eigenvalue weighted by molar-refractivity contribution is -0.137. The SMILES string of the molecule is N#CC1=C(c2ccccc2)OC2(CCOCC2)C1=O. The summed E-state index contributed by atoms with van der Waals surface area (Å²) in [6.07, 6.45) is 1.01. The molecule has 0 atom stereocenters. The van der Waals surface area contributed by atoms with E-state index in [-0.39, 0.29) is 11.4 Å². The third-order valence-electron chi connectivity index (χ3n) is 3.61. The number of ether oxygens (including phenoxy) is 2. The zero-order valence-electron chi connectivity index (χ0n) is 10.4. The van der Waals surface area contributed by atoms with Gasteiger partial charge in [-0.05, 0) is 0 Å². The summed E-state index contributed by atoms with van der Waals surface area (Å²) in [6, 6.07) is 11.3. The van der Waals surface area contributed by atoms with Crippen LogP contribution in [0.1, 0.15) is 18.4 Å². The summed E-state index contributed by atoms with van der Waals surface area (Å²) >= 11 is 0. The number of nitrogens with zero attached hydrogens (tertiary/aromatic N) is 1. The van der Waals surface area contributed by atoms with Crippen LogP contribution in [0.3, 0.4) is 0 Å². The molecule has 3 rings (SSSR count). The number of Topliss-reactive ketones (excluding diaryl/α,β-unsaturated/α-hetero) is 1. The number of hydrogen-bond donors (Lipinski definition) is 0. The largest absolute Gasteiger partial charge is 0.477 e. The molecule has 1 spiro atoms. The molecule has 0 amide bonds. The average molecular weight is 255 g/mol. The molecule has 1 fully saturated rings. The van der Waals surface area contributed by atoms with Crippen LogP contribution in [-0.2, 0) is 14.3 Å². The van der Waals surface area contributed by atoms with Gasteiger partial charge in [-0.15, -0.1) is 0 Å². The molecule has 4 nitrogen and oxygen atoms in total. The first-order valence-electron chi connectivity index (χ1n) is 6.28. The van der Waals surface area contributed by atoms with Gasteiger partial charge < -0.3 is 9.47 Å². The summed E-state index contributed by atoms with van der Waals surface area (Å²) in [4.78, 5) is 12.4. The number of nitriles is 1. The van der Waals surface area contributed by atoms with E-state index in [4.69, 9.17) is 9.47 Å². The van der Waals surface area contributed by atoms with Gasteiger partial charge in [-0.2, -0.15) is 5.26 Å². The minimum Gasteiger partial charge on any atom is -0.477 e. The molecular weight excluding hydrogens is 242 g/mol. The highest BCUT2D eigenvalue weighted by molar-refractivity contribution is 6.13. The predicted octanol–water partition coefficient (Wildman–Crippen LogP) is 2.07. The summed E-state index contributed by atoms with van der Waals surface area (Å²) in [5, 5.41) is 9.24. The smallest absolute Gasteiger partial charge is 0.220 e. The van der Waals surface area contributed by atoms with Crippen LogP contribution in [0.2, 0.25) is 0 Å². The molecule has 0 aromatic heterocycles. The van der Waals surface area contributed by atoms with Gasteiger partial charge in [-0.25, -0.2) is 0 Å². The van der Waals surface area contributed by atoms with E-state index >= 15 is 0 Å². The van der Waals surface area contributed by atoms with Gasteiger partial charge in [0.05, 0.1) is 13.2 Å². The van der Waals surface area contributed by atoms with Gasteiger partial charge in [-0.3, -0.25) is 4.79 Å². The predicted molar refractivity (Wildman–Crippen MR) is 67.9 cm³/mol. The van der Waals surface area contributed by atoms with E-state index in [2.05, 4.69) is 0 Å². The maximum atomic E-state index is 12.4. The molecule has 0 N–H and O–H groups in total. The lowest BCUT2D eigenvalue weighted by Crippen LogP contribution is -2.42. The van der Waals surface area contributed by atoms with Crippen LogP contribution in [0.25, 0.3) is 5.76 Å². The van der Waals surface area contributed by atoms with E-state index in [0.717, 1.165) is 5.56 Å². The summed E-state index contributed by atoms with van der Waals surface area (Å²) in [7, 11) is 0. The number of rotatable bonds is 1. The second-order valence-corrected chi connectivity index (χ2v) is 4.72. The Labute approximate surface area is 111 Å². The van der Waals surface area contributed by atoms with Crippen molar-refractivity contribution in [3.05, 3.63) is 41.5 Å². The van der Waals surface area contributed by atoms with E-state index in [9.17, 15) is 10.1 Å². The summed E-state index contributed by atoms with van der Waals surface area (Å²) in [5.74, 6) is 0.215. The van der Waals surface area contributed by atoms with Gasteiger partial charge in [0.15, 0.2) is 5.60 Å². The standard InChI is InChI=1S/C15H13NO3/c16-10-12-13(11-4-2-1-3-5-11)19-15(14(12)17)6-8-18-9-7-15/h1-5H,6-9H2. The Bertz CT molecular complexity index is 577. The maximum absolute atomic E-state index is 12.4. The van der Waals surface area contributed by atoms with Crippen LogP contribution >= 0.6 is 0 Å². The van der Waals surface area contributed by atoms with Gasteiger partial charge in [0.1, 0.15) is 17.4 Å². The first-order valence-corrected chi connectivity index (χ1v) is 6.28. The lowest BCUT2D eigenvalue weighted by atomic mass is 9.88. The first-order chi connectivity index (χ1) is 9.27. The average Bonchev–Trinajstić information content (AvgIpc) is 2.74. The molecule has 96 valence electrons. The molecule has 2 heterocycles. The second kappa shape index (κ2) is 4.52. The van der Waals surface area contributed by atoms with Crippen LogP contribution < -0.4 is 0 Å². The minimum absolute atomic E-state index is 0.133. The number of ketones is 1. The monoisotopic (exact) mass is 255 g/mol. The fourth-order valence-electron chi connectivity index (χ4n) is 2.55. The van der Waals surface area contributed by atoms with Gasteiger partial charge in [0.25, 0.3) is 0 Å². The summed E-state index contributed by atoms with van der Waals surface area (Å²) < 4.78 is 11.2. The molecule has 0 bridgehead atoms. The van der Waals surface area contributed by atoms with E-state index < -0.39 is 5.60 Å². The van der Waals surface area contributed by atoms with E-state index in [1.165, 1.54) is 0 Å². The zero-order valence-corrected chi connectivity index (χ0v) is 10.4. The van der Waals surface area contributed by atoms with Crippen molar-refractivity contribution < 1.29 is 14.3 Å². The third kappa shape index (κ3) is 1.83. The van der Waals surface area contributed by atoms with E-state index in [1.807, 2.05) is 36.4 Å². The molecule has 2 aliphatic heterocycles.